The Morgan fingerprint density at radius 1 is 1.20 bits per heavy atom. The lowest BCUT2D eigenvalue weighted by molar-refractivity contribution is -0.136. The van der Waals surface area contributed by atoms with Gasteiger partial charge in [0, 0.05) is 3.57 Å². The summed E-state index contributed by atoms with van der Waals surface area (Å²) in [6.07, 6.45) is 0.0864. The van der Waals surface area contributed by atoms with Crippen LogP contribution in [0.15, 0.2) is 36.4 Å². The van der Waals surface area contributed by atoms with Crippen LogP contribution >= 0.6 is 22.6 Å². The summed E-state index contributed by atoms with van der Waals surface area (Å²) in [4.78, 5) is 10.7. The molecule has 0 saturated carbocycles. The van der Waals surface area contributed by atoms with E-state index in [2.05, 4.69) is 22.6 Å². The van der Waals surface area contributed by atoms with Gasteiger partial charge in [0.2, 0.25) is 0 Å². The minimum atomic E-state index is -0.789. The average molecular weight is 312 g/mol. The summed E-state index contributed by atoms with van der Waals surface area (Å²) in [7, 11) is 0. The third kappa shape index (κ3) is 2.12. The molecule has 0 amide bonds. The predicted octanol–water partition coefficient (Wildman–Crippen LogP) is 3.07. The fourth-order valence-electron chi connectivity index (χ4n) is 1.58. The van der Waals surface area contributed by atoms with Gasteiger partial charge >= 0.3 is 5.97 Å². The van der Waals surface area contributed by atoms with E-state index >= 15 is 0 Å². The zero-order valence-corrected chi connectivity index (χ0v) is 10.1. The first-order valence-electron chi connectivity index (χ1n) is 4.56. The van der Waals surface area contributed by atoms with E-state index in [0.29, 0.717) is 0 Å². The van der Waals surface area contributed by atoms with Crippen molar-refractivity contribution in [2.24, 2.45) is 0 Å². The lowest BCUT2D eigenvalue weighted by Crippen LogP contribution is -2.02. The normalized spacial score (nSPS) is 10.5. The number of rotatable bonds is 2. The minimum absolute atomic E-state index is 0.0864. The van der Waals surface area contributed by atoms with Crippen molar-refractivity contribution in [3.8, 4) is 0 Å². The Hall–Kier alpha value is -1.10. The lowest BCUT2D eigenvalue weighted by Gasteiger charge is -2.05. The van der Waals surface area contributed by atoms with Crippen molar-refractivity contribution in [2.75, 3.05) is 0 Å². The quantitative estimate of drug-likeness (QED) is 0.865. The van der Waals surface area contributed by atoms with Gasteiger partial charge in [-0.1, -0.05) is 36.4 Å². The maximum atomic E-state index is 10.7. The van der Waals surface area contributed by atoms with Crippen LogP contribution in [0.25, 0.3) is 10.8 Å². The van der Waals surface area contributed by atoms with Crippen molar-refractivity contribution in [2.45, 2.75) is 6.42 Å². The molecule has 0 atom stereocenters. The van der Waals surface area contributed by atoms with Gasteiger partial charge in [0.15, 0.2) is 0 Å². The molecule has 2 rings (SSSR count). The Morgan fingerprint density at radius 3 is 2.67 bits per heavy atom. The van der Waals surface area contributed by atoms with Crippen LogP contribution in [0.2, 0.25) is 0 Å². The molecule has 2 aromatic rings. The third-order valence-corrected chi connectivity index (χ3v) is 3.56. The summed E-state index contributed by atoms with van der Waals surface area (Å²) >= 11 is 2.21. The Bertz CT molecular complexity index is 520. The van der Waals surface area contributed by atoms with Crippen LogP contribution in [0.1, 0.15) is 5.56 Å². The first-order chi connectivity index (χ1) is 7.18. The SMILES string of the molecule is O=C(O)Cc1ccc2ccccc2c1I. The zero-order chi connectivity index (χ0) is 10.8. The highest BCUT2D eigenvalue weighted by Crippen LogP contribution is 2.24. The number of hydrogen-bond acceptors (Lipinski definition) is 1. The molecular formula is C12H9IO2. The van der Waals surface area contributed by atoms with Crippen LogP contribution in [0, 0.1) is 3.57 Å². The number of fused-ring (bicyclic) bond motifs is 1. The van der Waals surface area contributed by atoms with Crippen LogP contribution in [-0.4, -0.2) is 11.1 Å². The molecule has 2 nitrogen and oxygen atoms in total. The van der Waals surface area contributed by atoms with Crippen molar-refractivity contribution < 1.29 is 9.90 Å². The molecule has 0 aliphatic rings. The smallest absolute Gasteiger partial charge is 0.307 e. The molecule has 2 aromatic carbocycles. The highest BCUT2D eigenvalue weighted by Gasteiger charge is 2.07. The largest absolute Gasteiger partial charge is 0.481 e. The summed E-state index contributed by atoms with van der Waals surface area (Å²) in [5.41, 5.74) is 0.877. The number of aliphatic carboxylic acids is 1. The molecule has 0 bridgehead atoms. The van der Waals surface area contributed by atoms with Gasteiger partial charge in [-0.15, -0.1) is 0 Å². The van der Waals surface area contributed by atoms with Crippen LogP contribution in [-0.2, 0) is 11.2 Å². The van der Waals surface area contributed by atoms with E-state index in [0.717, 1.165) is 19.9 Å². The van der Waals surface area contributed by atoms with Crippen LogP contribution < -0.4 is 0 Å². The summed E-state index contributed by atoms with van der Waals surface area (Å²) in [5.74, 6) is -0.789. The molecular weight excluding hydrogens is 303 g/mol. The molecule has 1 N–H and O–H groups in total. The summed E-state index contributed by atoms with van der Waals surface area (Å²) in [6, 6.07) is 11.9. The Balaban J connectivity index is 2.59. The van der Waals surface area contributed by atoms with E-state index in [1.54, 1.807) is 0 Å². The van der Waals surface area contributed by atoms with Crippen LogP contribution in [0.5, 0.6) is 0 Å². The van der Waals surface area contributed by atoms with E-state index in [1.165, 1.54) is 0 Å². The van der Waals surface area contributed by atoms with Gasteiger partial charge in [-0.3, -0.25) is 4.79 Å². The molecule has 0 unspecified atom stereocenters. The molecule has 0 spiro atoms. The first kappa shape index (κ1) is 10.4. The Kier molecular flexibility index (Phi) is 2.90. The fraction of sp³-hybridized carbons (Fsp3) is 0.0833. The molecule has 76 valence electrons. The van der Waals surface area contributed by atoms with Crippen molar-refractivity contribution in [1.82, 2.24) is 0 Å². The zero-order valence-electron chi connectivity index (χ0n) is 7.90. The monoisotopic (exact) mass is 312 g/mol. The molecule has 3 heteroatoms. The fourth-order valence-corrected chi connectivity index (χ4v) is 2.44. The molecule has 0 heterocycles. The van der Waals surface area contributed by atoms with Crippen LogP contribution in [0.3, 0.4) is 0 Å². The molecule has 0 radical (unpaired) electrons. The van der Waals surface area contributed by atoms with Crippen molar-refractivity contribution >= 4 is 39.3 Å². The Morgan fingerprint density at radius 2 is 1.93 bits per heavy atom. The maximum absolute atomic E-state index is 10.7. The lowest BCUT2D eigenvalue weighted by atomic mass is 10.1. The van der Waals surface area contributed by atoms with Crippen LogP contribution in [0.4, 0.5) is 0 Å². The Labute approximate surface area is 101 Å². The summed E-state index contributed by atoms with van der Waals surface area (Å²) < 4.78 is 1.04. The summed E-state index contributed by atoms with van der Waals surface area (Å²) in [5, 5.41) is 11.0. The van der Waals surface area contributed by atoms with Gasteiger partial charge in [-0.25, -0.2) is 0 Å². The van der Waals surface area contributed by atoms with Gasteiger partial charge in [0.25, 0.3) is 0 Å². The van der Waals surface area contributed by atoms with Crippen molar-refractivity contribution in [3.63, 3.8) is 0 Å². The van der Waals surface area contributed by atoms with E-state index in [4.69, 9.17) is 5.11 Å². The molecule has 0 aliphatic heterocycles. The maximum Gasteiger partial charge on any atom is 0.307 e. The van der Waals surface area contributed by atoms with E-state index in [1.807, 2.05) is 36.4 Å². The predicted molar refractivity (Wildman–Crippen MR) is 68.0 cm³/mol. The topological polar surface area (TPSA) is 37.3 Å². The molecule has 15 heavy (non-hydrogen) atoms. The number of carboxylic acid groups (broad SMARTS) is 1. The highest BCUT2D eigenvalue weighted by atomic mass is 127. The van der Waals surface area contributed by atoms with E-state index in [-0.39, 0.29) is 6.42 Å². The second-order valence-electron chi connectivity index (χ2n) is 3.33. The average Bonchev–Trinajstić information content (AvgIpc) is 2.22. The standard InChI is InChI=1S/C12H9IO2/c13-12-9(7-11(14)15)6-5-8-3-1-2-4-10(8)12/h1-6H,7H2,(H,14,15). The molecule has 0 saturated heterocycles. The number of carbonyl (C=O) groups is 1. The number of benzene rings is 2. The summed E-state index contributed by atoms with van der Waals surface area (Å²) in [6.45, 7) is 0. The number of carboxylic acids is 1. The van der Waals surface area contributed by atoms with Gasteiger partial charge in [-0.2, -0.15) is 0 Å². The molecule has 0 aromatic heterocycles. The number of hydrogen-bond donors (Lipinski definition) is 1. The second kappa shape index (κ2) is 4.18. The van der Waals surface area contributed by atoms with E-state index < -0.39 is 5.97 Å². The molecule has 0 fully saturated rings. The van der Waals surface area contributed by atoms with Gasteiger partial charge in [-0.05, 0) is 38.9 Å². The van der Waals surface area contributed by atoms with Crippen molar-refractivity contribution in [3.05, 3.63) is 45.5 Å². The van der Waals surface area contributed by atoms with Crippen molar-refractivity contribution in [1.29, 1.82) is 0 Å². The van der Waals surface area contributed by atoms with Gasteiger partial charge in [0.05, 0.1) is 6.42 Å². The first-order valence-corrected chi connectivity index (χ1v) is 5.64. The highest BCUT2D eigenvalue weighted by molar-refractivity contribution is 14.1. The second-order valence-corrected chi connectivity index (χ2v) is 4.41. The van der Waals surface area contributed by atoms with Gasteiger partial charge in [0.1, 0.15) is 0 Å². The minimum Gasteiger partial charge on any atom is -0.481 e. The number of halogens is 1. The van der Waals surface area contributed by atoms with Gasteiger partial charge < -0.3 is 5.11 Å². The third-order valence-electron chi connectivity index (χ3n) is 2.28. The molecule has 0 aliphatic carbocycles. The van der Waals surface area contributed by atoms with E-state index in [9.17, 15) is 4.79 Å².